The number of benzene rings is 3. The molecule has 0 spiro atoms. The second kappa shape index (κ2) is 8.12. The minimum absolute atomic E-state index is 0.242. The molecule has 0 aliphatic rings. The molecule has 0 saturated carbocycles. The van der Waals surface area contributed by atoms with Gasteiger partial charge in [0.15, 0.2) is 0 Å². The van der Waals surface area contributed by atoms with E-state index in [1.54, 1.807) is 0 Å². The van der Waals surface area contributed by atoms with E-state index in [9.17, 15) is 8.78 Å². The maximum Gasteiger partial charge on any atom is 0.143 e. The molecular formula is C26H20F2. The minimum atomic E-state index is -0.707. The zero-order chi connectivity index (χ0) is 20.3. The van der Waals surface area contributed by atoms with Crippen LogP contribution in [0.1, 0.15) is 44.5 Å². The Morgan fingerprint density at radius 1 is 0.536 bits per heavy atom. The summed E-state index contributed by atoms with van der Waals surface area (Å²) >= 11 is 0. The van der Waals surface area contributed by atoms with E-state index in [1.165, 1.54) is 12.1 Å². The molecule has 3 aromatic rings. The first-order chi connectivity index (χ1) is 13.3. The predicted octanol–water partition coefficient (Wildman–Crippen LogP) is 6.00. The van der Waals surface area contributed by atoms with Crippen molar-refractivity contribution in [3.05, 3.63) is 105 Å². The van der Waals surface area contributed by atoms with Gasteiger partial charge in [-0.2, -0.15) is 0 Å². The van der Waals surface area contributed by atoms with E-state index in [4.69, 9.17) is 0 Å². The fourth-order valence-electron chi connectivity index (χ4n) is 3.05. The third-order valence-electron chi connectivity index (χ3n) is 4.43. The zero-order valence-electron chi connectivity index (χ0n) is 16.4. The monoisotopic (exact) mass is 370 g/mol. The van der Waals surface area contributed by atoms with Gasteiger partial charge in [0, 0.05) is 16.7 Å². The van der Waals surface area contributed by atoms with E-state index < -0.39 is 11.6 Å². The Bertz CT molecular complexity index is 1120. The minimum Gasteiger partial charge on any atom is -0.205 e. The van der Waals surface area contributed by atoms with Gasteiger partial charge in [-0.25, -0.2) is 8.78 Å². The molecule has 28 heavy (non-hydrogen) atoms. The van der Waals surface area contributed by atoms with Crippen LogP contribution in [0.4, 0.5) is 8.78 Å². The first-order valence-electron chi connectivity index (χ1n) is 9.01. The Kier molecular flexibility index (Phi) is 5.62. The van der Waals surface area contributed by atoms with Gasteiger partial charge in [-0.3, -0.25) is 0 Å². The molecule has 138 valence electrons. The van der Waals surface area contributed by atoms with E-state index in [0.29, 0.717) is 5.56 Å². The molecule has 0 amide bonds. The summed E-state index contributed by atoms with van der Waals surface area (Å²) in [5, 5.41) is 0. The molecular weight excluding hydrogens is 350 g/mol. The van der Waals surface area contributed by atoms with Gasteiger partial charge in [0.25, 0.3) is 0 Å². The SMILES string of the molecule is Cc1ccc(C#Cc2c(F)cc(C#Cc3c(C)cc(C)cc3C)cc2F)cc1. The predicted molar refractivity (Wildman–Crippen MR) is 110 cm³/mol. The fourth-order valence-corrected chi connectivity index (χ4v) is 3.05. The first-order valence-corrected chi connectivity index (χ1v) is 9.01. The molecule has 0 unspecified atom stereocenters. The molecule has 0 aliphatic carbocycles. The lowest BCUT2D eigenvalue weighted by Crippen LogP contribution is -1.93. The van der Waals surface area contributed by atoms with Crippen LogP contribution in [0.2, 0.25) is 0 Å². The van der Waals surface area contributed by atoms with Crippen LogP contribution in [0.5, 0.6) is 0 Å². The van der Waals surface area contributed by atoms with E-state index in [1.807, 2.05) is 64.1 Å². The maximum absolute atomic E-state index is 14.4. The number of aryl methyl sites for hydroxylation is 4. The van der Waals surface area contributed by atoms with Crippen LogP contribution in [0.3, 0.4) is 0 Å². The summed E-state index contributed by atoms with van der Waals surface area (Å²) in [5.74, 6) is 9.90. The molecule has 0 N–H and O–H groups in total. The normalized spacial score (nSPS) is 9.93. The summed E-state index contributed by atoms with van der Waals surface area (Å²) in [5.41, 5.74) is 5.99. The van der Waals surface area contributed by atoms with Crippen LogP contribution in [0.15, 0.2) is 48.5 Å². The molecule has 3 aromatic carbocycles. The molecule has 2 heteroatoms. The lowest BCUT2D eigenvalue weighted by molar-refractivity contribution is 0.577. The second-order valence-corrected chi connectivity index (χ2v) is 6.95. The Morgan fingerprint density at radius 3 is 1.61 bits per heavy atom. The van der Waals surface area contributed by atoms with E-state index in [2.05, 4.69) is 23.7 Å². The van der Waals surface area contributed by atoms with Crippen LogP contribution in [0, 0.1) is 63.0 Å². The first kappa shape index (κ1) is 19.4. The van der Waals surface area contributed by atoms with Gasteiger partial charge in [0.2, 0.25) is 0 Å². The lowest BCUT2D eigenvalue weighted by Gasteiger charge is -2.05. The van der Waals surface area contributed by atoms with Crippen LogP contribution < -0.4 is 0 Å². The van der Waals surface area contributed by atoms with Gasteiger partial charge in [-0.05, 0) is 63.1 Å². The smallest absolute Gasteiger partial charge is 0.143 e. The highest BCUT2D eigenvalue weighted by Gasteiger charge is 2.08. The third kappa shape index (κ3) is 4.48. The summed E-state index contributed by atoms with van der Waals surface area (Å²) in [4.78, 5) is 0. The molecule has 0 nitrogen and oxygen atoms in total. The Balaban J connectivity index is 1.93. The quantitative estimate of drug-likeness (QED) is 0.426. The van der Waals surface area contributed by atoms with Crippen molar-refractivity contribution in [2.24, 2.45) is 0 Å². The molecule has 0 aromatic heterocycles. The summed E-state index contributed by atoms with van der Waals surface area (Å²) in [6.45, 7) is 7.96. The average Bonchev–Trinajstić information content (AvgIpc) is 2.61. The second-order valence-electron chi connectivity index (χ2n) is 6.95. The Morgan fingerprint density at radius 2 is 1.04 bits per heavy atom. The number of rotatable bonds is 0. The highest BCUT2D eigenvalue weighted by Crippen LogP contribution is 2.17. The number of hydrogen-bond acceptors (Lipinski definition) is 0. The van der Waals surface area contributed by atoms with Crippen molar-refractivity contribution in [1.82, 2.24) is 0 Å². The summed E-state index contributed by atoms with van der Waals surface area (Å²) < 4.78 is 28.8. The van der Waals surface area contributed by atoms with Gasteiger partial charge in [0.05, 0.1) is 5.56 Å². The molecule has 0 heterocycles. The number of halogens is 2. The van der Waals surface area contributed by atoms with Crippen molar-refractivity contribution in [3.8, 4) is 23.7 Å². The van der Waals surface area contributed by atoms with Crippen molar-refractivity contribution < 1.29 is 8.78 Å². The lowest BCUT2D eigenvalue weighted by atomic mass is 10.00. The number of hydrogen-bond donors (Lipinski definition) is 0. The highest BCUT2D eigenvalue weighted by molar-refractivity contribution is 5.53. The van der Waals surface area contributed by atoms with Crippen LogP contribution in [-0.2, 0) is 0 Å². The van der Waals surface area contributed by atoms with Crippen LogP contribution >= 0.6 is 0 Å². The van der Waals surface area contributed by atoms with Gasteiger partial charge in [0.1, 0.15) is 11.6 Å². The van der Waals surface area contributed by atoms with Gasteiger partial charge >= 0.3 is 0 Å². The average molecular weight is 370 g/mol. The van der Waals surface area contributed by atoms with Crippen LogP contribution in [0.25, 0.3) is 0 Å². The molecule has 0 saturated heterocycles. The standard InChI is InChI=1S/C26H20F2/c1-17-5-7-21(8-6-17)9-12-24-25(27)15-22(16-26(24)28)10-11-23-19(3)13-18(2)14-20(23)4/h5-8,13-16H,1-4H3. The Hall–Kier alpha value is -3.36. The third-order valence-corrected chi connectivity index (χ3v) is 4.43. The largest absolute Gasteiger partial charge is 0.205 e. The van der Waals surface area contributed by atoms with Crippen molar-refractivity contribution in [1.29, 1.82) is 0 Å². The van der Waals surface area contributed by atoms with E-state index >= 15 is 0 Å². The van der Waals surface area contributed by atoms with Crippen LogP contribution in [-0.4, -0.2) is 0 Å². The Labute approximate surface area is 165 Å². The van der Waals surface area contributed by atoms with Gasteiger partial charge in [-0.15, -0.1) is 0 Å². The van der Waals surface area contributed by atoms with E-state index in [0.717, 1.165) is 27.8 Å². The molecule has 0 aliphatic heterocycles. The van der Waals surface area contributed by atoms with Crippen molar-refractivity contribution >= 4 is 0 Å². The molecule has 0 atom stereocenters. The van der Waals surface area contributed by atoms with Crippen molar-refractivity contribution in [2.75, 3.05) is 0 Å². The fraction of sp³-hybridized carbons (Fsp3) is 0.154. The molecule has 0 fully saturated rings. The topological polar surface area (TPSA) is 0 Å². The summed E-state index contributed by atoms with van der Waals surface area (Å²) in [7, 11) is 0. The molecule has 0 bridgehead atoms. The van der Waals surface area contributed by atoms with Gasteiger partial charge in [-0.1, -0.05) is 59.1 Å². The maximum atomic E-state index is 14.4. The summed E-state index contributed by atoms with van der Waals surface area (Å²) in [6, 6.07) is 14.0. The zero-order valence-corrected chi connectivity index (χ0v) is 16.4. The molecule has 0 radical (unpaired) electrons. The molecule has 3 rings (SSSR count). The van der Waals surface area contributed by atoms with E-state index in [-0.39, 0.29) is 11.1 Å². The summed E-state index contributed by atoms with van der Waals surface area (Å²) in [6.07, 6.45) is 0. The van der Waals surface area contributed by atoms with Crippen molar-refractivity contribution in [2.45, 2.75) is 27.7 Å². The van der Waals surface area contributed by atoms with Crippen molar-refractivity contribution in [3.63, 3.8) is 0 Å². The highest BCUT2D eigenvalue weighted by atomic mass is 19.1. The van der Waals surface area contributed by atoms with Gasteiger partial charge < -0.3 is 0 Å².